The minimum absolute atomic E-state index is 0.113. The second kappa shape index (κ2) is 6.27. The Morgan fingerprint density at radius 2 is 0.556 bits per heavy atom. The fraction of sp³-hybridized carbons (Fsp3) is 0.118. The highest BCUT2D eigenvalue weighted by atomic mass is 16.3. The van der Waals surface area contributed by atoms with Crippen molar-refractivity contribution in [3.05, 3.63) is 164 Å². The maximum absolute atomic E-state index is 12.3. The molecule has 4 atom stereocenters. The molecule has 170 valence electrons. The highest BCUT2D eigenvalue weighted by molar-refractivity contribution is 5.78. The van der Waals surface area contributed by atoms with E-state index < -0.39 is 0 Å². The molecule has 4 unspecified atom stereocenters. The molecule has 15 rings (SSSR count). The quantitative estimate of drug-likeness (QED) is 0.237. The fourth-order valence-corrected chi connectivity index (χ4v) is 7.81. The first-order chi connectivity index (χ1) is 17.7. The van der Waals surface area contributed by atoms with E-state index in [0.29, 0.717) is 11.5 Å². The third kappa shape index (κ3) is 2.03. The van der Waals surface area contributed by atoms with E-state index in [2.05, 4.69) is 97.1 Å². The largest absolute Gasteiger partial charge is 0.507 e. The van der Waals surface area contributed by atoms with Crippen LogP contribution in [0.1, 0.15) is 90.4 Å². The minimum Gasteiger partial charge on any atom is -0.507 e. The summed E-state index contributed by atoms with van der Waals surface area (Å²) in [5.41, 5.74) is 13.1. The van der Waals surface area contributed by atoms with Crippen LogP contribution in [0.4, 0.5) is 0 Å². The lowest BCUT2D eigenvalue weighted by molar-refractivity contribution is 0.427. The molecule has 10 aliphatic rings. The van der Waals surface area contributed by atoms with Crippen LogP contribution in [-0.4, -0.2) is 10.2 Å². The van der Waals surface area contributed by atoms with Crippen molar-refractivity contribution in [1.29, 1.82) is 0 Å². The Kier molecular flexibility index (Phi) is 3.30. The van der Waals surface area contributed by atoms with Crippen molar-refractivity contribution in [1.82, 2.24) is 0 Å². The van der Waals surface area contributed by atoms with Gasteiger partial charge in [0.1, 0.15) is 11.5 Å². The maximum atomic E-state index is 12.3. The molecule has 36 heavy (non-hydrogen) atoms. The van der Waals surface area contributed by atoms with Crippen molar-refractivity contribution in [2.24, 2.45) is 0 Å². The second-order valence-electron chi connectivity index (χ2n) is 10.7. The number of phenols is 2. The molecule has 0 aromatic heterocycles. The average Bonchev–Trinajstić information content (AvgIpc) is 2.89. The molecule has 0 spiro atoms. The Balaban J connectivity index is 1.47. The summed E-state index contributed by atoms with van der Waals surface area (Å²) in [7, 11) is 0. The molecule has 2 N–H and O–H groups in total. The summed E-state index contributed by atoms with van der Waals surface area (Å²) < 4.78 is 0. The lowest BCUT2D eigenvalue weighted by Gasteiger charge is -2.43. The van der Waals surface area contributed by atoms with Crippen molar-refractivity contribution < 1.29 is 10.2 Å². The molecular formula is C34H22O2. The van der Waals surface area contributed by atoms with Crippen LogP contribution in [0, 0.1) is 0 Å². The van der Waals surface area contributed by atoms with Gasteiger partial charge in [-0.25, -0.2) is 0 Å². The molecular weight excluding hydrogens is 440 g/mol. The number of aromatic hydroxyl groups is 2. The molecule has 0 heterocycles. The zero-order chi connectivity index (χ0) is 23.7. The molecule has 0 saturated carbocycles. The summed E-state index contributed by atoms with van der Waals surface area (Å²) in [6, 6.07) is 34.7. The number of hydrogen-bond acceptors (Lipinski definition) is 2. The lowest BCUT2D eigenvalue weighted by Crippen LogP contribution is -2.28. The highest BCUT2D eigenvalue weighted by Gasteiger charge is 2.47. The molecule has 5 aromatic rings. The predicted octanol–water partition coefficient (Wildman–Crippen LogP) is 7.07. The van der Waals surface area contributed by atoms with Gasteiger partial charge in [0.15, 0.2) is 0 Å². The lowest BCUT2D eigenvalue weighted by atomic mass is 9.60. The Bertz CT molecular complexity index is 1500. The molecule has 2 heteroatoms. The van der Waals surface area contributed by atoms with Gasteiger partial charge in [0, 0.05) is 45.9 Å². The Hall–Kier alpha value is -4.30. The van der Waals surface area contributed by atoms with Gasteiger partial charge in [-0.15, -0.1) is 0 Å². The third-order valence-electron chi connectivity index (χ3n) is 9.20. The fourth-order valence-electron chi connectivity index (χ4n) is 7.81. The van der Waals surface area contributed by atoms with Crippen molar-refractivity contribution in [2.45, 2.75) is 23.7 Å². The van der Waals surface area contributed by atoms with Gasteiger partial charge in [0.25, 0.3) is 0 Å². The molecule has 0 aliphatic heterocycles. The van der Waals surface area contributed by atoms with Crippen LogP contribution in [-0.2, 0) is 0 Å². The predicted molar refractivity (Wildman–Crippen MR) is 139 cm³/mol. The van der Waals surface area contributed by atoms with E-state index >= 15 is 0 Å². The molecule has 2 nitrogen and oxygen atoms in total. The molecule has 0 fully saturated rings. The number of benzene rings is 5. The number of rotatable bonds is 0. The van der Waals surface area contributed by atoms with E-state index in [0.717, 1.165) is 44.5 Å². The van der Waals surface area contributed by atoms with E-state index in [9.17, 15) is 10.2 Å². The average molecular weight is 463 g/mol. The van der Waals surface area contributed by atoms with Crippen molar-refractivity contribution in [3.63, 3.8) is 0 Å². The van der Waals surface area contributed by atoms with E-state index in [1.54, 1.807) is 0 Å². The van der Waals surface area contributed by atoms with Gasteiger partial charge in [-0.05, 0) is 44.5 Å². The maximum Gasteiger partial charge on any atom is 0.124 e. The van der Waals surface area contributed by atoms with Crippen LogP contribution >= 0.6 is 0 Å². The molecule has 8 bridgehead atoms. The standard InChI is InChI=1S/C34H22O2/c35-33-29-25-17-9-11-18(12-10-17)26(22-6-2-1-5-21(22)25)30(29)34(36)32-28-20-15-13-19(14-16-20)27(31(32)33)23-7-3-4-8-24(23)28/h1-16,25-28,35-36H. The summed E-state index contributed by atoms with van der Waals surface area (Å²) in [6.45, 7) is 0. The second-order valence-corrected chi connectivity index (χ2v) is 10.7. The smallest absolute Gasteiger partial charge is 0.124 e. The summed E-state index contributed by atoms with van der Waals surface area (Å²) in [5.74, 6) is 0.265. The van der Waals surface area contributed by atoms with Gasteiger partial charge in [-0.2, -0.15) is 0 Å². The van der Waals surface area contributed by atoms with Gasteiger partial charge in [0.05, 0.1) is 0 Å². The normalized spacial score (nSPS) is 22.7. The molecule has 0 amide bonds. The summed E-state index contributed by atoms with van der Waals surface area (Å²) >= 11 is 0. The third-order valence-corrected chi connectivity index (χ3v) is 9.20. The Labute approximate surface area is 209 Å². The highest BCUT2D eigenvalue weighted by Crippen LogP contribution is 2.63. The van der Waals surface area contributed by atoms with Crippen LogP contribution in [0.3, 0.4) is 0 Å². The summed E-state index contributed by atoms with van der Waals surface area (Å²) in [6.07, 6.45) is 0. The summed E-state index contributed by atoms with van der Waals surface area (Å²) in [4.78, 5) is 0. The first-order valence-electron chi connectivity index (χ1n) is 12.7. The molecule has 0 radical (unpaired) electrons. The number of phenolic OH excluding ortho intramolecular Hbond substituents is 2. The Morgan fingerprint density at radius 1 is 0.333 bits per heavy atom. The van der Waals surface area contributed by atoms with E-state index in [1.807, 2.05) is 0 Å². The van der Waals surface area contributed by atoms with Crippen LogP contribution < -0.4 is 0 Å². The zero-order valence-corrected chi connectivity index (χ0v) is 19.4. The summed E-state index contributed by atoms with van der Waals surface area (Å²) in [5, 5.41) is 24.7. The molecule has 10 aliphatic carbocycles. The topological polar surface area (TPSA) is 40.5 Å². The SMILES string of the molecule is Oc1c2c(c(O)c3c1C1c4ccc(cc4)C3c3ccccc31)C1c3ccc(cc3)C2c2ccccc21. The molecule has 5 aromatic carbocycles. The van der Waals surface area contributed by atoms with Gasteiger partial charge in [0.2, 0.25) is 0 Å². The van der Waals surface area contributed by atoms with E-state index in [1.165, 1.54) is 22.3 Å². The first-order valence-corrected chi connectivity index (χ1v) is 12.7. The first kappa shape index (κ1) is 19.0. The van der Waals surface area contributed by atoms with Gasteiger partial charge < -0.3 is 10.2 Å². The monoisotopic (exact) mass is 462 g/mol. The molecule has 0 saturated heterocycles. The van der Waals surface area contributed by atoms with Gasteiger partial charge >= 0.3 is 0 Å². The van der Waals surface area contributed by atoms with Crippen LogP contribution in [0.15, 0.2) is 97.1 Å². The zero-order valence-electron chi connectivity index (χ0n) is 19.4. The van der Waals surface area contributed by atoms with E-state index in [-0.39, 0.29) is 23.7 Å². The van der Waals surface area contributed by atoms with E-state index in [4.69, 9.17) is 0 Å². The number of hydrogen-bond donors (Lipinski definition) is 2. The van der Waals surface area contributed by atoms with Crippen molar-refractivity contribution >= 4 is 0 Å². The van der Waals surface area contributed by atoms with Crippen LogP contribution in [0.25, 0.3) is 0 Å². The van der Waals surface area contributed by atoms with Gasteiger partial charge in [-0.1, -0.05) is 97.1 Å². The minimum atomic E-state index is -0.113. The Morgan fingerprint density at radius 3 is 0.778 bits per heavy atom. The van der Waals surface area contributed by atoms with Gasteiger partial charge in [-0.3, -0.25) is 0 Å². The van der Waals surface area contributed by atoms with Crippen molar-refractivity contribution in [2.75, 3.05) is 0 Å². The van der Waals surface area contributed by atoms with Crippen LogP contribution in [0.5, 0.6) is 11.5 Å². The van der Waals surface area contributed by atoms with Crippen molar-refractivity contribution in [3.8, 4) is 11.5 Å². The van der Waals surface area contributed by atoms with Crippen LogP contribution in [0.2, 0.25) is 0 Å².